The highest BCUT2D eigenvalue weighted by atomic mass is 19.1. The van der Waals surface area contributed by atoms with Gasteiger partial charge < -0.3 is 10.5 Å². The summed E-state index contributed by atoms with van der Waals surface area (Å²) in [6, 6.07) is 25.5. The molecule has 2 N–H and O–H groups in total. The van der Waals surface area contributed by atoms with E-state index in [4.69, 9.17) is 15.6 Å². The molecule has 0 fully saturated rings. The van der Waals surface area contributed by atoms with Gasteiger partial charge in [-0.05, 0) is 72.5 Å². The van der Waals surface area contributed by atoms with Gasteiger partial charge in [-0.3, -0.25) is 9.69 Å². The molecule has 6 rings (SSSR count). The number of carbonyl (C=O) groups excluding carboxylic acids is 1. The number of ether oxygens (including phenoxy) is 1. The van der Waals surface area contributed by atoms with Crippen molar-refractivity contribution in [2.45, 2.75) is 32.6 Å². The van der Waals surface area contributed by atoms with Crippen LogP contribution >= 0.6 is 0 Å². The van der Waals surface area contributed by atoms with Gasteiger partial charge in [0.2, 0.25) is 0 Å². The van der Waals surface area contributed by atoms with Gasteiger partial charge in [0.05, 0.1) is 36.1 Å². The molecule has 1 aromatic heterocycles. The summed E-state index contributed by atoms with van der Waals surface area (Å²) in [5.41, 5.74) is 11.5. The Hall–Kier alpha value is -5.16. The average Bonchev–Trinajstić information content (AvgIpc) is 3.42. The smallest absolute Gasteiger partial charge is 0.162 e. The summed E-state index contributed by atoms with van der Waals surface area (Å²) in [6.07, 6.45) is 2.75. The maximum absolute atomic E-state index is 14.1. The number of benzene rings is 3. The predicted octanol–water partition coefficient (Wildman–Crippen LogP) is 6.63. The van der Waals surface area contributed by atoms with E-state index in [0.717, 1.165) is 16.9 Å². The van der Waals surface area contributed by atoms with E-state index in [-0.39, 0.29) is 28.4 Å². The number of aromatic nitrogens is 2. The summed E-state index contributed by atoms with van der Waals surface area (Å²) >= 11 is 0. The Morgan fingerprint density at radius 1 is 1.00 bits per heavy atom. The number of para-hydroxylation sites is 1. The Bertz CT molecular complexity index is 1780. The molecular formula is C34H30FN5O2. The number of nitriles is 1. The van der Waals surface area contributed by atoms with E-state index >= 15 is 0 Å². The van der Waals surface area contributed by atoms with Crippen LogP contribution in [-0.2, 0) is 4.79 Å². The topological polar surface area (TPSA) is 97.2 Å². The molecule has 1 unspecified atom stereocenters. The summed E-state index contributed by atoms with van der Waals surface area (Å²) < 4.78 is 21.0. The van der Waals surface area contributed by atoms with Crippen LogP contribution in [0.15, 0.2) is 108 Å². The monoisotopic (exact) mass is 559 g/mol. The fourth-order valence-electron chi connectivity index (χ4n) is 5.99. The molecule has 7 nitrogen and oxygen atoms in total. The zero-order chi connectivity index (χ0) is 29.6. The van der Waals surface area contributed by atoms with E-state index in [2.05, 4.69) is 6.07 Å². The molecule has 0 saturated heterocycles. The van der Waals surface area contributed by atoms with E-state index in [1.54, 1.807) is 28.8 Å². The number of hydrogen-bond donors (Lipinski definition) is 1. The molecule has 1 aliphatic carbocycles. The number of allylic oxidation sites excluding steroid dienone is 3. The lowest BCUT2D eigenvalue weighted by Gasteiger charge is -2.43. The summed E-state index contributed by atoms with van der Waals surface area (Å²) in [5, 5.41) is 15.5. The molecule has 2 aliphatic rings. The number of ketones is 1. The quantitative estimate of drug-likeness (QED) is 0.295. The lowest BCUT2D eigenvalue weighted by molar-refractivity contribution is -0.118. The van der Waals surface area contributed by atoms with Crippen molar-refractivity contribution in [3.63, 3.8) is 0 Å². The van der Waals surface area contributed by atoms with Crippen LogP contribution in [-0.4, -0.2) is 22.7 Å². The standard InChI is InChI=1S/C34H30FN5O2/c1-34(2)17-28-31(29(41)18-34)30(26(19-36)33(37)40(28)24-13-11-22(35)12-14-24)27-20-39(23-7-5-4-6-8-23)38-32(27)21-9-15-25(42-3)16-10-21/h4-16,20,30H,17-18,37H2,1-3H3. The van der Waals surface area contributed by atoms with Crippen molar-refractivity contribution in [1.82, 2.24) is 9.78 Å². The molecule has 0 amide bonds. The minimum absolute atomic E-state index is 0.0493. The van der Waals surface area contributed by atoms with Crippen LogP contribution in [0.4, 0.5) is 10.1 Å². The molecule has 4 aromatic rings. The second kappa shape index (κ2) is 10.3. The molecule has 2 heterocycles. The highest BCUT2D eigenvalue weighted by Crippen LogP contribution is 2.51. The molecule has 1 aliphatic heterocycles. The van der Waals surface area contributed by atoms with Gasteiger partial charge >= 0.3 is 0 Å². The number of halogens is 1. The van der Waals surface area contributed by atoms with E-state index in [1.807, 2.05) is 74.6 Å². The molecule has 0 radical (unpaired) electrons. The third-order valence-electron chi connectivity index (χ3n) is 7.90. The second-order valence-corrected chi connectivity index (χ2v) is 11.4. The maximum atomic E-state index is 14.1. The largest absolute Gasteiger partial charge is 0.497 e. The SMILES string of the molecule is COc1ccc(-c2nn(-c3ccccc3)cc2C2C(C#N)=C(N)N(c3ccc(F)cc3)C3=C2C(=O)CC(C)(C)C3)cc1. The fraction of sp³-hybridized carbons (Fsp3) is 0.206. The Balaban J connectivity index is 1.62. The number of methoxy groups -OCH3 is 1. The molecule has 0 bridgehead atoms. The van der Waals surface area contributed by atoms with Gasteiger partial charge in [-0.2, -0.15) is 10.4 Å². The summed E-state index contributed by atoms with van der Waals surface area (Å²) in [5.74, 6) is -0.256. The van der Waals surface area contributed by atoms with Crippen molar-refractivity contribution in [3.8, 4) is 28.8 Å². The number of anilines is 1. The van der Waals surface area contributed by atoms with E-state index in [1.165, 1.54) is 12.1 Å². The van der Waals surface area contributed by atoms with Gasteiger partial charge in [0.1, 0.15) is 17.4 Å². The van der Waals surface area contributed by atoms with Gasteiger partial charge in [0.15, 0.2) is 5.78 Å². The van der Waals surface area contributed by atoms with Crippen molar-refractivity contribution < 1.29 is 13.9 Å². The number of hydrogen-bond acceptors (Lipinski definition) is 6. The highest BCUT2D eigenvalue weighted by Gasteiger charge is 2.46. The number of Topliss-reactive ketones (excluding diaryl/α,β-unsaturated/α-hetero) is 1. The van der Waals surface area contributed by atoms with Crippen LogP contribution in [0.2, 0.25) is 0 Å². The minimum Gasteiger partial charge on any atom is -0.497 e. The molecule has 42 heavy (non-hydrogen) atoms. The van der Waals surface area contributed by atoms with Crippen molar-refractivity contribution in [2.75, 3.05) is 12.0 Å². The molecule has 0 saturated carbocycles. The lowest BCUT2D eigenvalue weighted by atomic mass is 9.68. The zero-order valence-electron chi connectivity index (χ0n) is 23.6. The van der Waals surface area contributed by atoms with Crippen LogP contribution in [0.3, 0.4) is 0 Å². The third kappa shape index (κ3) is 4.63. The molecule has 210 valence electrons. The number of carbonyl (C=O) groups is 1. The maximum Gasteiger partial charge on any atom is 0.162 e. The molecule has 0 spiro atoms. The molecular weight excluding hydrogens is 529 g/mol. The second-order valence-electron chi connectivity index (χ2n) is 11.4. The first-order chi connectivity index (χ1) is 20.2. The van der Waals surface area contributed by atoms with Crippen LogP contribution in [0, 0.1) is 22.6 Å². The summed E-state index contributed by atoms with van der Waals surface area (Å²) in [4.78, 5) is 15.8. The van der Waals surface area contributed by atoms with Gasteiger partial charge in [-0.1, -0.05) is 32.0 Å². The highest BCUT2D eigenvalue weighted by molar-refractivity contribution is 6.02. The molecule has 3 aromatic carbocycles. The first-order valence-electron chi connectivity index (χ1n) is 13.7. The number of nitrogens with zero attached hydrogens (tertiary/aromatic N) is 4. The lowest BCUT2D eigenvalue weighted by Crippen LogP contribution is -2.42. The van der Waals surface area contributed by atoms with Crippen molar-refractivity contribution in [2.24, 2.45) is 11.1 Å². The Labute approximate surface area is 243 Å². The Morgan fingerprint density at radius 3 is 2.33 bits per heavy atom. The van der Waals surface area contributed by atoms with Crippen LogP contribution in [0.1, 0.15) is 38.2 Å². The van der Waals surface area contributed by atoms with Gasteiger partial charge in [-0.15, -0.1) is 0 Å². The fourth-order valence-corrected chi connectivity index (χ4v) is 5.99. The third-order valence-corrected chi connectivity index (χ3v) is 7.90. The Kier molecular flexibility index (Phi) is 6.66. The first kappa shape index (κ1) is 27.0. The van der Waals surface area contributed by atoms with Gasteiger partial charge in [0.25, 0.3) is 0 Å². The minimum atomic E-state index is -0.736. The molecule has 8 heteroatoms. The summed E-state index contributed by atoms with van der Waals surface area (Å²) in [7, 11) is 1.61. The van der Waals surface area contributed by atoms with Crippen LogP contribution in [0.25, 0.3) is 16.9 Å². The zero-order valence-corrected chi connectivity index (χ0v) is 23.6. The number of rotatable bonds is 5. The Morgan fingerprint density at radius 2 is 1.69 bits per heavy atom. The van der Waals surface area contributed by atoms with Gasteiger partial charge in [-0.25, -0.2) is 9.07 Å². The van der Waals surface area contributed by atoms with Crippen molar-refractivity contribution >= 4 is 11.5 Å². The van der Waals surface area contributed by atoms with E-state index in [0.29, 0.717) is 41.1 Å². The molecule has 1 atom stereocenters. The van der Waals surface area contributed by atoms with Crippen LogP contribution in [0.5, 0.6) is 5.75 Å². The van der Waals surface area contributed by atoms with Crippen molar-refractivity contribution in [1.29, 1.82) is 5.26 Å². The number of nitrogens with two attached hydrogens (primary N) is 1. The predicted molar refractivity (Wildman–Crippen MR) is 159 cm³/mol. The first-order valence-corrected chi connectivity index (χ1v) is 13.7. The van der Waals surface area contributed by atoms with Crippen molar-refractivity contribution in [3.05, 3.63) is 119 Å². The normalized spacial score (nSPS) is 18.1. The van der Waals surface area contributed by atoms with Gasteiger partial charge in [0, 0.05) is 40.7 Å². The summed E-state index contributed by atoms with van der Waals surface area (Å²) in [6.45, 7) is 4.09. The van der Waals surface area contributed by atoms with Crippen LogP contribution < -0.4 is 15.4 Å². The average molecular weight is 560 g/mol. The van der Waals surface area contributed by atoms with E-state index in [9.17, 15) is 14.4 Å². The van der Waals surface area contributed by atoms with E-state index < -0.39 is 5.92 Å².